The van der Waals surface area contributed by atoms with Crippen molar-refractivity contribution in [3.8, 4) is 0 Å². The molecule has 0 bridgehead atoms. The van der Waals surface area contributed by atoms with Crippen LogP contribution in [0.2, 0.25) is 0 Å². The zero-order valence-electron chi connectivity index (χ0n) is 17.1. The minimum absolute atomic E-state index is 0.222. The number of hydrogen-bond acceptors (Lipinski definition) is 6. The standard InChI is InChI=1S/C20H27N5.C2H5N/c1-4-14(2)9-16-11-17-12-24(7-8-25(17)23-16)13-20(22)18-6-5-15(3)10-19(18)21;1-2-3/h4-6,9-11,16,22-23H,1,7-8,12-13,21H2,2-3H3;2-3H,1H3/b14-9+,22-20?;. The first-order valence-corrected chi connectivity index (χ1v) is 9.54. The van der Waals surface area contributed by atoms with Crippen LogP contribution in [0.15, 0.2) is 54.3 Å². The lowest BCUT2D eigenvalue weighted by molar-refractivity contribution is 0.160. The first-order chi connectivity index (χ1) is 13.4. The molecular formula is C22H32N6. The van der Waals surface area contributed by atoms with E-state index in [1.54, 1.807) is 6.92 Å². The summed E-state index contributed by atoms with van der Waals surface area (Å²) in [6.07, 6.45) is 7.55. The zero-order valence-corrected chi connectivity index (χ0v) is 17.1. The molecule has 6 nitrogen and oxygen atoms in total. The number of allylic oxidation sites excluding steroid dienone is 2. The summed E-state index contributed by atoms with van der Waals surface area (Å²) in [6.45, 7) is 12.9. The number of rotatable bonds is 5. The highest BCUT2D eigenvalue weighted by molar-refractivity contribution is 6.04. The van der Waals surface area contributed by atoms with Gasteiger partial charge in [-0.1, -0.05) is 36.4 Å². The van der Waals surface area contributed by atoms with Crippen LogP contribution in [0.25, 0.3) is 0 Å². The lowest BCUT2D eigenvalue weighted by Crippen LogP contribution is -2.49. The fourth-order valence-corrected chi connectivity index (χ4v) is 3.33. The SMILES string of the molecule is C=C/C(C)=C/C1C=C2CN(CC(=N)c3ccc(C)cc3N)CCN2N1.CC=N. The van der Waals surface area contributed by atoms with Gasteiger partial charge in [-0.2, -0.15) is 0 Å². The molecule has 2 aliphatic rings. The van der Waals surface area contributed by atoms with E-state index < -0.39 is 0 Å². The number of nitrogens with two attached hydrogens (primary N) is 1. The van der Waals surface area contributed by atoms with Crippen molar-refractivity contribution in [2.45, 2.75) is 26.8 Å². The largest absolute Gasteiger partial charge is 0.398 e. The van der Waals surface area contributed by atoms with Gasteiger partial charge in [-0.05, 0) is 44.7 Å². The Morgan fingerprint density at radius 2 is 2.11 bits per heavy atom. The molecule has 28 heavy (non-hydrogen) atoms. The highest BCUT2D eigenvalue weighted by Gasteiger charge is 2.28. The van der Waals surface area contributed by atoms with Crippen molar-refractivity contribution >= 4 is 17.6 Å². The van der Waals surface area contributed by atoms with Gasteiger partial charge in [0.15, 0.2) is 0 Å². The van der Waals surface area contributed by atoms with Gasteiger partial charge in [0.25, 0.3) is 0 Å². The molecule has 0 aliphatic carbocycles. The minimum Gasteiger partial charge on any atom is -0.398 e. The van der Waals surface area contributed by atoms with Crippen molar-refractivity contribution in [3.63, 3.8) is 0 Å². The van der Waals surface area contributed by atoms with E-state index in [1.165, 1.54) is 17.5 Å². The van der Waals surface area contributed by atoms with E-state index >= 15 is 0 Å². The van der Waals surface area contributed by atoms with Gasteiger partial charge in [-0.15, -0.1) is 0 Å². The van der Waals surface area contributed by atoms with Gasteiger partial charge in [0, 0.05) is 43.1 Å². The molecule has 150 valence electrons. The topological polar surface area (TPSA) is 92.2 Å². The van der Waals surface area contributed by atoms with Crippen molar-refractivity contribution in [3.05, 3.63) is 65.4 Å². The van der Waals surface area contributed by atoms with Crippen LogP contribution in [0.4, 0.5) is 5.69 Å². The van der Waals surface area contributed by atoms with Crippen molar-refractivity contribution < 1.29 is 0 Å². The van der Waals surface area contributed by atoms with E-state index in [1.807, 2.05) is 31.2 Å². The molecule has 1 fully saturated rings. The Kier molecular flexibility index (Phi) is 7.72. The Morgan fingerprint density at radius 3 is 2.75 bits per heavy atom. The Morgan fingerprint density at radius 1 is 1.39 bits per heavy atom. The van der Waals surface area contributed by atoms with E-state index in [0.717, 1.165) is 30.8 Å². The molecule has 0 spiro atoms. The van der Waals surface area contributed by atoms with Crippen LogP contribution in [0, 0.1) is 17.7 Å². The fraction of sp³-hybridized carbons (Fsp3) is 0.364. The van der Waals surface area contributed by atoms with Crippen molar-refractivity contribution in [1.29, 1.82) is 10.8 Å². The maximum atomic E-state index is 8.43. The summed E-state index contributed by atoms with van der Waals surface area (Å²) in [7, 11) is 0. The summed E-state index contributed by atoms with van der Waals surface area (Å²) in [5.74, 6) is 0. The average molecular weight is 381 g/mol. The molecule has 1 aromatic carbocycles. The summed E-state index contributed by atoms with van der Waals surface area (Å²) < 4.78 is 0. The van der Waals surface area contributed by atoms with E-state index in [-0.39, 0.29) is 6.04 Å². The lowest BCUT2D eigenvalue weighted by atomic mass is 10.0. The molecule has 1 aromatic rings. The first kappa shape index (κ1) is 21.6. The molecular weight excluding hydrogens is 348 g/mol. The van der Waals surface area contributed by atoms with Crippen LogP contribution in [-0.2, 0) is 0 Å². The number of aryl methyl sites for hydroxylation is 1. The predicted molar refractivity (Wildman–Crippen MR) is 119 cm³/mol. The van der Waals surface area contributed by atoms with Gasteiger partial charge >= 0.3 is 0 Å². The Labute approximate surface area is 168 Å². The molecule has 2 heterocycles. The van der Waals surface area contributed by atoms with Crippen LogP contribution < -0.4 is 11.2 Å². The number of hydrogen-bond donors (Lipinski definition) is 4. The van der Waals surface area contributed by atoms with Gasteiger partial charge in [0.2, 0.25) is 0 Å². The first-order valence-electron chi connectivity index (χ1n) is 9.54. The van der Waals surface area contributed by atoms with Crippen LogP contribution in [0.5, 0.6) is 0 Å². The third-order valence-corrected chi connectivity index (χ3v) is 4.73. The number of nitrogen functional groups attached to an aromatic ring is 1. The Hall–Kier alpha value is -2.70. The molecule has 1 unspecified atom stereocenters. The number of nitrogens with zero attached hydrogens (tertiary/aromatic N) is 2. The Bertz CT molecular complexity index is 792. The molecule has 0 saturated carbocycles. The second kappa shape index (κ2) is 10.0. The molecule has 6 heteroatoms. The number of anilines is 1. The van der Waals surface area contributed by atoms with Gasteiger partial charge in [0.05, 0.1) is 11.8 Å². The monoisotopic (exact) mass is 380 g/mol. The highest BCUT2D eigenvalue weighted by Crippen LogP contribution is 2.20. The smallest absolute Gasteiger partial charge is 0.0649 e. The van der Waals surface area contributed by atoms with Gasteiger partial charge in [-0.25, -0.2) is 5.43 Å². The number of fused-ring (bicyclic) bond motifs is 1. The molecule has 1 atom stereocenters. The van der Waals surface area contributed by atoms with Crippen LogP contribution in [-0.4, -0.2) is 54.1 Å². The molecule has 1 saturated heterocycles. The third kappa shape index (κ3) is 5.65. The third-order valence-electron chi connectivity index (χ3n) is 4.73. The summed E-state index contributed by atoms with van der Waals surface area (Å²) in [6, 6.07) is 6.13. The molecule has 0 radical (unpaired) electrons. The predicted octanol–water partition coefficient (Wildman–Crippen LogP) is 3.12. The van der Waals surface area contributed by atoms with Gasteiger partial charge in [0.1, 0.15) is 0 Å². The van der Waals surface area contributed by atoms with E-state index in [0.29, 0.717) is 17.9 Å². The maximum absolute atomic E-state index is 8.43. The minimum atomic E-state index is 0.222. The Balaban J connectivity index is 0.000000878. The van der Waals surface area contributed by atoms with E-state index in [4.69, 9.17) is 16.6 Å². The summed E-state index contributed by atoms with van der Waals surface area (Å²) in [5, 5.41) is 16.7. The molecule has 2 aliphatic heterocycles. The highest BCUT2D eigenvalue weighted by atomic mass is 15.6. The number of benzene rings is 1. The normalized spacial score (nSPS) is 19.2. The van der Waals surface area contributed by atoms with Gasteiger partial charge < -0.3 is 21.6 Å². The zero-order chi connectivity index (χ0) is 20.7. The van der Waals surface area contributed by atoms with Crippen LogP contribution >= 0.6 is 0 Å². The van der Waals surface area contributed by atoms with Crippen molar-refractivity contribution in [1.82, 2.24) is 15.3 Å². The summed E-state index contributed by atoms with van der Waals surface area (Å²) in [4.78, 5) is 2.30. The van der Waals surface area contributed by atoms with Crippen molar-refractivity contribution in [2.24, 2.45) is 0 Å². The fourth-order valence-electron chi connectivity index (χ4n) is 3.33. The molecule has 5 N–H and O–H groups in total. The molecule has 0 amide bonds. The second-order valence-corrected chi connectivity index (χ2v) is 7.15. The summed E-state index contributed by atoms with van der Waals surface area (Å²) >= 11 is 0. The average Bonchev–Trinajstić information content (AvgIpc) is 3.03. The molecule has 0 aromatic heterocycles. The van der Waals surface area contributed by atoms with Gasteiger partial charge in [-0.3, -0.25) is 4.90 Å². The quantitative estimate of drug-likeness (QED) is 0.359. The van der Waals surface area contributed by atoms with Crippen LogP contribution in [0.1, 0.15) is 25.0 Å². The second-order valence-electron chi connectivity index (χ2n) is 7.15. The van der Waals surface area contributed by atoms with E-state index in [9.17, 15) is 0 Å². The maximum Gasteiger partial charge on any atom is 0.0649 e. The van der Waals surface area contributed by atoms with Crippen molar-refractivity contribution in [2.75, 3.05) is 31.9 Å². The molecule has 3 rings (SSSR count). The number of piperazine rings is 1. The number of hydrazine groups is 1. The van der Waals surface area contributed by atoms with Crippen LogP contribution in [0.3, 0.4) is 0 Å². The number of nitrogens with one attached hydrogen (secondary N) is 3. The lowest BCUT2D eigenvalue weighted by Gasteiger charge is -2.35. The van der Waals surface area contributed by atoms with E-state index in [2.05, 4.69) is 41.0 Å². The summed E-state index contributed by atoms with van der Waals surface area (Å²) in [5.41, 5.74) is 15.3.